The molecule has 0 N–H and O–H groups in total. The zero-order valence-electron chi connectivity index (χ0n) is 6.43. The zero-order valence-corrected chi connectivity index (χ0v) is 11.9. The van der Waals surface area contributed by atoms with Crippen LogP contribution >= 0.6 is 13.6 Å². The Morgan fingerprint density at radius 2 is 1.50 bits per heavy atom. The maximum atomic E-state index is 6.25. The van der Waals surface area contributed by atoms with Gasteiger partial charge in [-0.05, 0) is 0 Å². The van der Waals surface area contributed by atoms with E-state index in [1.807, 2.05) is 30.3 Å². The van der Waals surface area contributed by atoms with E-state index in [0.717, 1.165) is 5.56 Å². The maximum absolute atomic E-state index is 6.25. The van der Waals surface area contributed by atoms with E-state index in [1.165, 1.54) is 16.3 Å². The molecule has 0 aromatic heterocycles. The Bertz CT molecular complexity index is 179. The Hall–Kier alpha value is 0.203. The number of halogens is 1. The fourth-order valence-electron chi connectivity index (χ4n) is 0.478. The Kier molecular flexibility index (Phi) is 26.1. The summed E-state index contributed by atoms with van der Waals surface area (Å²) in [6, 6.07) is 9.87. The molecule has 0 unspecified atom stereocenters. The first-order chi connectivity index (χ1) is 5.39. The Morgan fingerprint density at radius 1 is 1.17 bits per heavy atom. The monoisotopic (exact) mass is 323 g/mol. The van der Waals surface area contributed by atoms with E-state index in [-0.39, 0.29) is 17.1 Å². The van der Waals surface area contributed by atoms with Crippen molar-refractivity contribution in [2.75, 3.05) is 0 Å². The molecule has 0 heterocycles. The van der Waals surface area contributed by atoms with Gasteiger partial charge in [-0.15, -0.1) is 12.1 Å². The molecule has 0 amide bonds. The summed E-state index contributed by atoms with van der Waals surface area (Å²) in [6.07, 6.45) is 0. The summed E-state index contributed by atoms with van der Waals surface area (Å²) < 4.78 is 0. The van der Waals surface area contributed by atoms with E-state index in [2.05, 4.69) is 20.5 Å². The standard InChI is InChI=1S/C7H7.CN.BrH.Cu.Zn/c1-7-5-3-2-4-6-7;1-2;;;/h2-6H,1H2;;1H;;/q2*-1;;+1;+2/p-1. The van der Waals surface area contributed by atoms with Gasteiger partial charge in [0.15, 0.2) is 0 Å². The van der Waals surface area contributed by atoms with Crippen LogP contribution < -0.4 is 0 Å². The van der Waals surface area contributed by atoms with Crippen molar-refractivity contribution < 1.29 is 33.4 Å². The van der Waals surface area contributed by atoms with Gasteiger partial charge in [-0.3, -0.25) is 0 Å². The van der Waals surface area contributed by atoms with Gasteiger partial charge in [0.1, 0.15) is 0 Å². The first-order valence-corrected chi connectivity index (χ1v) is 9.70. The van der Waals surface area contributed by atoms with Gasteiger partial charge >= 0.3 is 47.0 Å². The third-order valence-electron chi connectivity index (χ3n) is 0.843. The summed E-state index contributed by atoms with van der Waals surface area (Å²) in [4.78, 5) is 0. The van der Waals surface area contributed by atoms with Crippen LogP contribution in [0.5, 0.6) is 0 Å². The molecule has 1 rings (SSSR count). The quantitative estimate of drug-likeness (QED) is 0.531. The number of hydrogen-bond acceptors (Lipinski definition) is 1. The van der Waals surface area contributed by atoms with Gasteiger partial charge < -0.3 is 11.8 Å². The fourth-order valence-corrected chi connectivity index (χ4v) is 0.478. The van der Waals surface area contributed by atoms with Gasteiger partial charge in [-0.1, -0.05) is 6.07 Å². The van der Waals surface area contributed by atoms with Crippen LogP contribution in [-0.4, -0.2) is 0 Å². The molecule has 0 saturated heterocycles. The fraction of sp³-hybridized carbons (Fsp3) is 0. The van der Waals surface area contributed by atoms with Crippen molar-refractivity contribution in [3.05, 3.63) is 49.4 Å². The van der Waals surface area contributed by atoms with Crippen molar-refractivity contribution in [3.63, 3.8) is 0 Å². The molecular weight excluding hydrogens is 319 g/mol. The number of benzene rings is 1. The van der Waals surface area contributed by atoms with Gasteiger partial charge in [-0.25, -0.2) is 0 Å². The predicted octanol–water partition coefficient (Wildman–Crippen LogP) is 2.81. The summed E-state index contributed by atoms with van der Waals surface area (Å²) in [7, 11) is 0. The molecule has 0 bridgehead atoms. The zero-order chi connectivity index (χ0) is 9.11. The van der Waals surface area contributed by atoms with E-state index in [9.17, 15) is 0 Å². The van der Waals surface area contributed by atoms with Crippen molar-refractivity contribution in [1.29, 1.82) is 5.26 Å². The number of hydrogen-bond donors (Lipinski definition) is 0. The van der Waals surface area contributed by atoms with Gasteiger partial charge in [0.05, 0.1) is 0 Å². The molecule has 1 aromatic rings. The van der Waals surface area contributed by atoms with Crippen LogP contribution in [0.4, 0.5) is 0 Å². The van der Waals surface area contributed by atoms with Crippen LogP contribution in [0.2, 0.25) is 0 Å². The molecule has 0 atom stereocenters. The summed E-state index contributed by atoms with van der Waals surface area (Å²) in [5.74, 6) is 0. The Balaban J connectivity index is -0.000000144. The molecule has 64 valence electrons. The molecule has 0 aliphatic carbocycles. The predicted molar refractivity (Wildman–Crippen MR) is 44.8 cm³/mol. The van der Waals surface area contributed by atoms with Crippen molar-refractivity contribution in [2.45, 2.75) is 0 Å². The van der Waals surface area contributed by atoms with Crippen molar-refractivity contribution in [2.24, 2.45) is 0 Å². The molecule has 12 heavy (non-hydrogen) atoms. The molecule has 0 spiro atoms. The van der Waals surface area contributed by atoms with Crippen LogP contribution in [0.15, 0.2) is 30.3 Å². The molecular formula is C8H7BrCuNZn. The van der Waals surface area contributed by atoms with E-state index in [1.54, 1.807) is 0 Å². The molecule has 0 aliphatic heterocycles. The van der Waals surface area contributed by atoms with Gasteiger partial charge in [0, 0.05) is 0 Å². The summed E-state index contributed by atoms with van der Waals surface area (Å²) in [5.41, 5.74) is 1.07. The van der Waals surface area contributed by atoms with Gasteiger partial charge in [0.25, 0.3) is 0 Å². The summed E-state index contributed by atoms with van der Waals surface area (Å²) in [6.45, 7) is 8.47. The van der Waals surface area contributed by atoms with Crippen LogP contribution in [0.25, 0.3) is 0 Å². The summed E-state index contributed by atoms with van der Waals surface area (Å²) in [5, 5.41) is 6.25. The molecule has 1 aromatic carbocycles. The van der Waals surface area contributed by atoms with Gasteiger partial charge in [-0.2, -0.15) is 24.6 Å². The molecule has 1 nitrogen and oxygen atoms in total. The second-order valence-corrected chi connectivity index (χ2v) is 1.49. The Morgan fingerprint density at radius 3 is 1.67 bits per heavy atom. The van der Waals surface area contributed by atoms with Crippen LogP contribution in [0, 0.1) is 18.8 Å². The first kappa shape index (κ1) is 18.1. The van der Waals surface area contributed by atoms with Crippen LogP contribution in [0.3, 0.4) is 0 Å². The average molecular weight is 326 g/mol. The second-order valence-electron chi connectivity index (χ2n) is 1.49. The molecule has 0 aliphatic rings. The third-order valence-corrected chi connectivity index (χ3v) is 0.843. The third kappa shape index (κ3) is 12.8. The topological polar surface area (TPSA) is 23.8 Å². The van der Waals surface area contributed by atoms with Crippen molar-refractivity contribution >= 4 is 13.6 Å². The first-order valence-electron chi connectivity index (χ1n) is 2.76. The molecule has 0 saturated carbocycles. The SMILES string of the molecule is [C-]#N.[CH2-]c1ccccc1.[Cu+].[Zn+][Br]. The molecule has 0 fully saturated rings. The van der Waals surface area contributed by atoms with E-state index < -0.39 is 0 Å². The second kappa shape index (κ2) is 17.3. The number of nitrogens with zero attached hydrogens (tertiary/aromatic N) is 1. The van der Waals surface area contributed by atoms with Crippen LogP contribution in [0.1, 0.15) is 5.56 Å². The molecule has 0 radical (unpaired) electrons. The molecule has 4 heteroatoms. The van der Waals surface area contributed by atoms with Crippen molar-refractivity contribution in [1.82, 2.24) is 0 Å². The Labute approximate surface area is 101 Å². The van der Waals surface area contributed by atoms with E-state index in [0.29, 0.717) is 0 Å². The minimum atomic E-state index is 0. The van der Waals surface area contributed by atoms with Crippen LogP contribution in [-0.2, 0) is 33.4 Å². The normalized spacial score (nSPS) is 5.75. The van der Waals surface area contributed by atoms with E-state index in [4.69, 9.17) is 11.8 Å². The van der Waals surface area contributed by atoms with Crippen molar-refractivity contribution in [3.8, 4) is 0 Å². The average Bonchev–Trinajstić information content (AvgIpc) is 2.13. The van der Waals surface area contributed by atoms with Gasteiger partial charge in [0.2, 0.25) is 0 Å². The van der Waals surface area contributed by atoms with E-state index >= 15 is 0 Å². The minimum absolute atomic E-state index is 0. The summed E-state index contributed by atoms with van der Waals surface area (Å²) >= 11 is 4.25. The number of rotatable bonds is 0.